The highest BCUT2D eigenvalue weighted by Crippen LogP contribution is 2.38. The molecule has 7 heteroatoms. The van der Waals surface area contributed by atoms with Gasteiger partial charge in [-0.3, -0.25) is 9.78 Å². The average molecular weight is 594 g/mol. The van der Waals surface area contributed by atoms with E-state index in [9.17, 15) is 9.59 Å². The van der Waals surface area contributed by atoms with Gasteiger partial charge in [-0.2, -0.15) is 0 Å². The van der Waals surface area contributed by atoms with Crippen molar-refractivity contribution in [2.45, 2.75) is 95.9 Å². The lowest BCUT2D eigenvalue weighted by Gasteiger charge is -2.38. The average Bonchev–Trinajstić information content (AvgIpc) is 3.42. The number of hydrogen-bond acceptors (Lipinski definition) is 3. The van der Waals surface area contributed by atoms with Crippen LogP contribution in [0.4, 0.5) is 10.5 Å². The van der Waals surface area contributed by atoms with Gasteiger partial charge in [-0.1, -0.05) is 89.4 Å². The number of urea groups is 1. The molecule has 1 atom stereocenters. The predicted molar refractivity (Wildman–Crippen MR) is 179 cm³/mol. The lowest BCUT2D eigenvalue weighted by Crippen LogP contribution is -2.60. The summed E-state index contributed by atoms with van der Waals surface area (Å²) < 4.78 is 0. The number of H-pyrrole nitrogens is 1. The van der Waals surface area contributed by atoms with Crippen LogP contribution >= 0.6 is 0 Å². The fourth-order valence-corrected chi connectivity index (χ4v) is 6.80. The maximum absolute atomic E-state index is 14.3. The molecular weight excluding hydrogens is 546 g/mol. The molecule has 0 aliphatic heterocycles. The molecule has 0 radical (unpaired) electrons. The van der Waals surface area contributed by atoms with Crippen LogP contribution in [0.25, 0.3) is 10.9 Å². The number of aromatic amines is 1. The first-order valence-corrected chi connectivity index (χ1v) is 16.1. The number of para-hydroxylation sites is 2. The largest absolute Gasteiger partial charge is 0.361 e. The first kappa shape index (κ1) is 31.3. The normalized spacial score (nSPS) is 16.1. The standard InChI is InChI=1S/C37H47N5O2/c1-25(2)28-15-13-16-29(26(3)4)33(28)41-35(44)42-36(5,22-27-23-39-31-17-8-7-14-30(27)31)34(43)40-24-37(19-10-6-11-20-37)32-18-9-12-21-38-32/h7-9,12-18,21,23,25-26,39H,6,10-11,19-20,22,24H2,1-5H3,(H,40,43)(H2,41,42,44). The molecule has 2 heterocycles. The Hall–Kier alpha value is -4.13. The Balaban J connectivity index is 1.44. The summed E-state index contributed by atoms with van der Waals surface area (Å²) in [4.78, 5) is 36.2. The van der Waals surface area contributed by atoms with E-state index in [1.165, 1.54) is 6.42 Å². The SMILES string of the molecule is CC(C)c1cccc(C(C)C)c1NC(=O)NC(C)(Cc1c[nH]c2ccccc12)C(=O)NCC1(c2ccccn2)CCCCC1. The Kier molecular flexibility index (Phi) is 9.42. The van der Waals surface area contributed by atoms with Crippen LogP contribution in [0, 0.1) is 0 Å². The van der Waals surface area contributed by atoms with Crippen molar-refractivity contribution in [1.82, 2.24) is 20.6 Å². The topological polar surface area (TPSA) is 98.9 Å². The van der Waals surface area contributed by atoms with Gasteiger partial charge in [0.2, 0.25) is 5.91 Å². The number of rotatable bonds is 10. The van der Waals surface area contributed by atoms with E-state index in [2.05, 4.69) is 66.8 Å². The minimum absolute atomic E-state index is 0.208. The number of anilines is 1. The lowest BCUT2D eigenvalue weighted by atomic mass is 9.71. The van der Waals surface area contributed by atoms with E-state index < -0.39 is 11.6 Å². The van der Waals surface area contributed by atoms with E-state index in [1.54, 1.807) is 0 Å². The van der Waals surface area contributed by atoms with Crippen molar-refractivity contribution >= 4 is 28.5 Å². The van der Waals surface area contributed by atoms with Crippen LogP contribution in [-0.2, 0) is 16.6 Å². The molecule has 2 aromatic heterocycles. The third kappa shape index (κ3) is 6.67. The minimum atomic E-state index is -1.22. The van der Waals surface area contributed by atoms with Crippen molar-refractivity contribution in [3.05, 3.63) is 95.4 Å². The number of pyridine rings is 1. The minimum Gasteiger partial charge on any atom is -0.361 e. The van der Waals surface area contributed by atoms with Gasteiger partial charge in [0.15, 0.2) is 0 Å². The van der Waals surface area contributed by atoms with E-state index in [0.29, 0.717) is 13.0 Å². The van der Waals surface area contributed by atoms with E-state index in [4.69, 9.17) is 4.98 Å². The number of fused-ring (bicyclic) bond motifs is 1. The molecule has 44 heavy (non-hydrogen) atoms. The van der Waals surface area contributed by atoms with Crippen LogP contribution in [0.15, 0.2) is 73.1 Å². The molecular formula is C37H47N5O2. The highest BCUT2D eigenvalue weighted by Gasteiger charge is 2.40. The summed E-state index contributed by atoms with van der Waals surface area (Å²) >= 11 is 0. The van der Waals surface area contributed by atoms with Gasteiger partial charge in [-0.25, -0.2) is 4.79 Å². The number of amides is 3. The van der Waals surface area contributed by atoms with Gasteiger partial charge in [0.1, 0.15) is 5.54 Å². The molecule has 4 aromatic rings. The van der Waals surface area contributed by atoms with E-state index >= 15 is 0 Å². The van der Waals surface area contributed by atoms with Crippen LogP contribution in [0.5, 0.6) is 0 Å². The molecule has 0 saturated heterocycles. The van der Waals surface area contributed by atoms with Gasteiger partial charge < -0.3 is 20.9 Å². The summed E-state index contributed by atoms with van der Waals surface area (Å²) in [5.41, 5.74) is 4.52. The van der Waals surface area contributed by atoms with Gasteiger partial charge in [-0.15, -0.1) is 0 Å². The molecule has 3 amide bonds. The summed E-state index contributed by atoms with van der Waals surface area (Å²) in [6.07, 6.45) is 9.45. The van der Waals surface area contributed by atoms with Crippen molar-refractivity contribution in [2.75, 3.05) is 11.9 Å². The summed E-state index contributed by atoms with van der Waals surface area (Å²) in [6, 6.07) is 19.9. The summed E-state index contributed by atoms with van der Waals surface area (Å²) in [5.74, 6) is 0.242. The number of hydrogen-bond donors (Lipinski definition) is 4. The molecule has 1 aliphatic carbocycles. The number of benzene rings is 2. The molecule has 5 rings (SSSR count). The molecule has 7 nitrogen and oxygen atoms in total. The fraction of sp³-hybridized carbons (Fsp3) is 0.432. The Morgan fingerprint density at radius 3 is 2.25 bits per heavy atom. The number of aromatic nitrogens is 2. The molecule has 0 spiro atoms. The molecule has 2 aromatic carbocycles. The predicted octanol–water partition coefficient (Wildman–Crippen LogP) is 7.95. The molecule has 0 bridgehead atoms. The van der Waals surface area contributed by atoms with Gasteiger partial charge in [0.05, 0.1) is 0 Å². The third-order valence-electron chi connectivity index (χ3n) is 9.33. The molecule has 1 unspecified atom stereocenters. The second-order valence-corrected chi connectivity index (χ2v) is 13.3. The second kappa shape index (κ2) is 13.2. The smallest absolute Gasteiger partial charge is 0.320 e. The third-order valence-corrected chi connectivity index (χ3v) is 9.33. The number of nitrogens with one attached hydrogen (secondary N) is 4. The van der Waals surface area contributed by atoms with E-state index in [1.807, 2.05) is 61.8 Å². The summed E-state index contributed by atoms with van der Waals surface area (Å²) in [6.45, 7) is 10.8. The van der Waals surface area contributed by atoms with Crippen LogP contribution in [0.1, 0.15) is 101 Å². The van der Waals surface area contributed by atoms with Gasteiger partial charge in [0.25, 0.3) is 0 Å². The van der Waals surface area contributed by atoms with E-state index in [0.717, 1.165) is 64.7 Å². The van der Waals surface area contributed by atoms with Crippen LogP contribution in [0.2, 0.25) is 0 Å². The van der Waals surface area contributed by atoms with Crippen molar-refractivity contribution in [2.24, 2.45) is 0 Å². The van der Waals surface area contributed by atoms with Crippen LogP contribution in [0.3, 0.4) is 0 Å². The molecule has 1 fully saturated rings. The maximum Gasteiger partial charge on any atom is 0.320 e. The Morgan fingerprint density at radius 2 is 1.59 bits per heavy atom. The Morgan fingerprint density at radius 1 is 0.909 bits per heavy atom. The molecule has 232 valence electrons. The number of nitrogens with zero attached hydrogens (tertiary/aromatic N) is 1. The van der Waals surface area contributed by atoms with E-state index in [-0.39, 0.29) is 23.2 Å². The van der Waals surface area contributed by atoms with Gasteiger partial charge >= 0.3 is 6.03 Å². The molecule has 1 aliphatic rings. The number of carbonyl (C=O) groups excluding carboxylic acids is 2. The zero-order chi connectivity index (χ0) is 31.3. The van der Waals surface area contributed by atoms with Crippen molar-refractivity contribution in [1.29, 1.82) is 0 Å². The Bertz CT molecular complexity index is 1560. The van der Waals surface area contributed by atoms with Crippen molar-refractivity contribution in [3.63, 3.8) is 0 Å². The highest BCUT2D eigenvalue weighted by atomic mass is 16.2. The lowest BCUT2D eigenvalue weighted by molar-refractivity contribution is -0.127. The first-order chi connectivity index (χ1) is 21.1. The number of carbonyl (C=O) groups is 2. The zero-order valence-corrected chi connectivity index (χ0v) is 26.8. The zero-order valence-electron chi connectivity index (χ0n) is 26.8. The highest BCUT2D eigenvalue weighted by molar-refractivity contribution is 5.97. The quantitative estimate of drug-likeness (QED) is 0.150. The fourth-order valence-electron chi connectivity index (χ4n) is 6.80. The first-order valence-electron chi connectivity index (χ1n) is 16.1. The maximum atomic E-state index is 14.3. The van der Waals surface area contributed by atoms with Gasteiger partial charge in [0, 0.05) is 53.1 Å². The monoisotopic (exact) mass is 593 g/mol. The van der Waals surface area contributed by atoms with Crippen molar-refractivity contribution in [3.8, 4) is 0 Å². The van der Waals surface area contributed by atoms with Crippen LogP contribution in [-0.4, -0.2) is 34.0 Å². The molecule has 4 N–H and O–H groups in total. The Labute approximate surface area is 261 Å². The van der Waals surface area contributed by atoms with Crippen molar-refractivity contribution < 1.29 is 9.59 Å². The second-order valence-electron chi connectivity index (χ2n) is 13.3. The summed E-state index contributed by atoms with van der Waals surface area (Å²) in [7, 11) is 0. The molecule has 1 saturated carbocycles. The van der Waals surface area contributed by atoms with Crippen LogP contribution < -0.4 is 16.0 Å². The summed E-state index contributed by atoms with van der Waals surface area (Å²) in [5, 5.41) is 10.6. The van der Waals surface area contributed by atoms with Gasteiger partial charge in [-0.05, 0) is 66.5 Å².